The van der Waals surface area contributed by atoms with Crippen molar-refractivity contribution in [2.45, 2.75) is 12.8 Å². The van der Waals surface area contributed by atoms with Crippen molar-refractivity contribution in [3.63, 3.8) is 0 Å². The second-order valence-corrected chi connectivity index (χ2v) is 7.68. The first-order valence-electron chi connectivity index (χ1n) is 9.52. The van der Waals surface area contributed by atoms with Crippen LogP contribution in [0.25, 0.3) is 11.3 Å². The summed E-state index contributed by atoms with van der Waals surface area (Å²) in [5.41, 5.74) is 3.96. The Labute approximate surface area is 183 Å². The van der Waals surface area contributed by atoms with Gasteiger partial charge in [-0.3, -0.25) is 14.9 Å². The van der Waals surface area contributed by atoms with Crippen molar-refractivity contribution in [1.29, 1.82) is 0 Å². The number of amides is 2. The van der Waals surface area contributed by atoms with Gasteiger partial charge in [-0.15, -0.1) is 11.3 Å². The largest absolute Gasteiger partial charge is 0.493 e. The third-order valence-corrected chi connectivity index (χ3v) is 5.71. The van der Waals surface area contributed by atoms with Gasteiger partial charge >= 0.3 is 0 Å². The molecule has 1 aromatic heterocycles. The highest BCUT2D eigenvalue weighted by Gasteiger charge is 2.19. The van der Waals surface area contributed by atoms with E-state index in [-0.39, 0.29) is 11.8 Å². The van der Waals surface area contributed by atoms with Crippen molar-refractivity contribution < 1.29 is 23.8 Å². The number of aryl methyl sites for hydroxylation is 1. The van der Waals surface area contributed by atoms with Crippen LogP contribution in [0.3, 0.4) is 0 Å². The summed E-state index contributed by atoms with van der Waals surface area (Å²) >= 11 is 1.33. The number of carbonyl (C=O) groups is 2. The van der Waals surface area contributed by atoms with Crippen LogP contribution in [0, 0.1) is 0 Å². The summed E-state index contributed by atoms with van der Waals surface area (Å²) in [6.45, 7) is 0. The Morgan fingerprint density at radius 1 is 1.06 bits per heavy atom. The lowest BCUT2D eigenvalue weighted by molar-refractivity contribution is -0.116. The number of hydrogen-bond donors (Lipinski definition) is 2. The van der Waals surface area contributed by atoms with E-state index in [4.69, 9.17) is 14.2 Å². The van der Waals surface area contributed by atoms with Crippen LogP contribution in [0.15, 0.2) is 35.7 Å². The highest BCUT2D eigenvalue weighted by Crippen LogP contribution is 2.38. The second-order valence-electron chi connectivity index (χ2n) is 6.83. The molecule has 0 radical (unpaired) electrons. The molecule has 31 heavy (non-hydrogen) atoms. The zero-order valence-corrected chi connectivity index (χ0v) is 18.1. The van der Waals surface area contributed by atoms with E-state index in [0.717, 1.165) is 22.5 Å². The summed E-state index contributed by atoms with van der Waals surface area (Å²) in [5, 5.41) is 8.04. The molecular formula is C22H21N3O5S. The molecule has 2 aromatic carbocycles. The highest BCUT2D eigenvalue weighted by molar-refractivity contribution is 7.14. The Kier molecular flexibility index (Phi) is 5.77. The maximum absolute atomic E-state index is 12.8. The number of ether oxygens (including phenoxy) is 3. The summed E-state index contributed by atoms with van der Waals surface area (Å²) in [6.07, 6.45) is 1.17. The summed E-state index contributed by atoms with van der Waals surface area (Å²) in [5.74, 6) is 0.904. The Hall–Kier alpha value is -3.59. The lowest BCUT2D eigenvalue weighted by atomic mass is 9.99. The number of anilines is 2. The van der Waals surface area contributed by atoms with E-state index in [2.05, 4.69) is 15.6 Å². The molecule has 0 aliphatic carbocycles. The molecule has 9 heteroatoms. The predicted octanol–water partition coefficient (Wildman–Crippen LogP) is 3.97. The van der Waals surface area contributed by atoms with Crippen LogP contribution in [-0.2, 0) is 11.2 Å². The number of aromatic nitrogens is 1. The highest BCUT2D eigenvalue weighted by atomic mass is 32.1. The minimum atomic E-state index is -0.340. The number of benzene rings is 2. The van der Waals surface area contributed by atoms with Crippen LogP contribution in [-0.4, -0.2) is 38.1 Å². The Morgan fingerprint density at radius 2 is 1.81 bits per heavy atom. The Bertz CT molecular complexity index is 1130. The van der Waals surface area contributed by atoms with Crippen molar-refractivity contribution in [2.24, 2.45) is 0 Å². The van der Waals surface area contributed by atoms with Crippen LogP contribution < -0.4 is 24.8 Å². The van der Waals surface area contributed by atoms with Crippen LogP contribution in [0.4, 0.5) is 10.8 Å². The van der Waals surface area contributed by atoms with Gasteiger partial charge in [-0.2, -0.15) is 0 Å². The summed E-state index contributed by atoms with van der Waals surface area (Å²) in [7, 11) is 4.50. The average molecular weight is 439 g/mol. The molecule has 0 saturated carbocycles. The molecule has 0 saturated heterocycles. The minimum absolute atomic E-state index is 0.0331. The van der Waals surface area contributed by atoms with E-state index in [9.17, 15) is 9.59 Å². The molecule has 0 fully saturated rings. The van der Waals surface area contributed by atoms with Crippen molar-refractivity contribution in [2.75, 3.05) is 32.0 Å². The number of methoxy groups -OCH3 is 3. The van der Waals surface area contributed by atoms with Crippen LogP contribution >= 0.6 is 11.3 Å². The maximum Gasteiger partial charge on any atom is 0.257 e. The SMILES string of the molecule is COc1cc(C(=O)Nc2nc(-c3ccc4c(c3)CCC(=O)N4)cs2)cc(OC)c1OC. The van der Waals surface area contributed by atoms with Gasteiger partial charge in [0.1, 0.15) is 0 Å². The molecule has 1 aliphatic heterocycles. The van der Waals surface area contributed by atoms with Crippen molar-refractivity contribution in [3.8, 4) is 28.5 Å². The van der Waals surface area contributed by atoms with Crippen LogP contribution in [0.1, 0.15) is 22.3 Å². The van der Waals surface area contributed by atoms with Gasteiger partial charge in [-0.05, 0) is 36.2 Å². The lowest BCUT2D eigenvalue weighted by Gasteiger charge is -2.17. The first-order valence-corrected chi connectivity index (χ1v) is 10.4. The maximum atomic E-state index is 12.8. The molecule has 8 nitrogen and oxygen atoms in total. The van der Waals surface area contributed by atoms with Gasteiger partial charge in [0, 0.05) is 28.6 Å². The number of nitrogens with one attached hydrogen (secondary N) is 2. The van der Waals surface area contributed by atoms with Gasteiger partial charge in [0.2, 0.25) is 11.7 Å². The van der Waals surface area contributed by atoms with E-state index in [1.54, 1.807) is 12.1 Å². The number of fused-ring (bicyclic) bond motifs is 1. The first kappa shape index (κ1) is 20.7. The predicted molar refractivity (Wildman–Crippen MR) is 119 cm³/mol. The number of nitrogens with zero attached hydrogens (tertiary/aromatic N) is 1. The molecular weight excluding hydrogens is 418 g/mol. The molecule has 0 atom stereocenters. The minimum Gasteiger partial charge on any atom is -0.493 e. The molecule has 0 spiro atoms. The van der Waals surface area contributed by atoms with Crippen molar-refractivity contribution in [1.82, 2.24) is 4.98 Å². The molecule has 0 bridgehead atoms. The molecule has 2 heterocycles. The lowest BCUT2D eigenvalue weighted by Crippen LogP contribution is -2.18. The number of rotatable bonds is 6. The standard InChI is InChI=1S/C22H21N3O5S/c1-28-17-9-14(10-18(29-2)20(17)30-3)21(27)25-22-24-16(11-31-22)13-4-6-15-12(8-13)5-7-19(26)23-15/h4,6,8-11H,5,7H2,1-3H3,(H,23,26)(H,24,25,27). The average Bonchev–Trinajstić information content (AvgIpc) is 3.25. The van der Waals surface area contributed by atoms with E-state index in [0.29, 0.717) is 40.8 Å². The Balaban J connectivity index is 1.54. The van der Waals surface area contributed by atoms with Gasteiger partial charge in [-0.1, -0.05) is 6.07 Å². The smallest absolute Gasteiger partial charge is 0.257 e. The quantitative estimate of drug-likeness (QED) is 0.603. The molecule has 3 aromatic rings. The number of thiazole rings is 1. The fourth-order valence-electron chi connectivity index (χ4n) is 3.39. The molecule has 160 valence electrons. The second kappa shape index (κ2) is 8.65. The van der Waals surface area contributed by atoms with Gasteiger partial charge in [0.25, 0.3) is 5.91 Å². The van der Waals surface area contributed by atoms with Gasteiger partial charge in [-0.25, -0.2) is 4.98 Å². The number of carbonyl (C=O) groups excluding carboxylic acids is 2. The van der Waals surface area contributed by atoms with Gasteiger partial charge in [0.05, 0.1) is 27.0 Å². The van der Waals surface area contributed by atoms with E-state index in [1.165, 1.54) is 32.7 Å². The molecule has 0 unspecified atom stereocenters. The Morgan fingerprint density at radius 3 is 2.48 bits per heavy atom. The van der Waals surface area contributed by atoms with E-state index >= 15 is 0 Å². The fraction of sp³-hybridized carbons (Fsp3) is 0.227. The van der Waals surface area contributed by atoms with Crippen molar-refractivity contribution in [3.05, 3.63) is 46.8 Å². The van der Waals surface area contributed by atoms with Gasteiger partial charge in [0.15, 0.2) is 16.6 Å². The zero-order valence-electron chi connectivity index (χ0n) is 17.3. The van der Waals surface area contributed by atoms with Crippen molar-refractivity contribution >= 4 is 34.0 Å². The van der Waals surface area contributed by atoms with Gasteiger partial charge < -0.3 is 19.5 Å². The summed E-state index contributed by atoms with van der Waals surface area (Å²) in [6, 6.07) is 8.99. The normalized spacial score (nSPS) is 12.5. The third kappa shape index (κ3) is 4.17. The number of hydrogen-bond acceptors (Lipinski definition) is 7. The summed E-state index contributed by atoms with van der Waals surface area (Å²) < 4.78 is 15.9. The third-order valence-electron chi connectivity index (χ3n) is 4.95. The molecule has 1 aliphatic rings. The van der Waals surface area contributed by atoms with E-state index < -0.39 is 0 Å². The fourth-order valence-corrected chi connectivity index (χ4v) is 4.10. The topological polar surface area (TPSA) is 98.8 Å². The first-order chi connectivity index (χ1) is 15.0. The monoisotopic (exact) mass is 439 g/mol. The zero-order chi connectivity index (χ0) is 22.0. The van der Waals surface area contributed by atoms with Crippen LogP contribution in [0.2, 0.25) is 0 Å². The molecule has 4 rings (SSSR count). The van der Waals surface area contributed by atoms with Crippen LogP contribution in [0.5, 0.6) is 17.2 Å². The molecule has 2 amide bonds. The summed E-state index contributed by atoms with van der Waals surface area (Å²) in [4.78, 5) is 28.9. The molecule has 2 N–H and O–H groups in total. The van der Waals surface area contributed by atoms with E-state index in [1.807, 2.05) is 23.6 Å².